The third-order valence-corrected chi connectivity index (χ3v) is 2.06. The number of rotatable bonds is 4. The van der Waals surface area contributed by atoms with E-state index in [0.717, 1.165) is 13.0 Å². The Morgan fingerprint density at radius 3 is 2.00 bits per heavy atom. The van der Waals surface area contributed by atoms with Gasteiger partial charge in [0.05, 0.1) is 6.10 Å². The minimum atomic E-state index is 0.144. The van der Waals surface area contributed by atoms with E-state index < -0.39 is 0 Å². The number of hydrogen-bond donors (Lipinski definition) is 1. The van der Waals surface area contributed by atoms with Gasteiger partial charge in [-0.05, 0) is 18.8 Å². The molecule has 0 aliphatic carbocycles. The summed E-state index contributed by atoms with van der Waals surface area (Å²) in [7, 11) is 0. The van der Waals surface area contributed by atoms with E-state index in [-0.39, 0.29) is 17.6 Å². The van der Waals surface area contributed by atoms with E-state index in [4.69, 9.17) is 10.5 Å². The standard InChI is InChI=1S/C10H23NO/c1-6-8(11)9(12-7-2)10(3,4)5/h8-9H,6-7,11H2,1-5H3/t8-,9?/m1/s1. The Labute approximate surface area is 76.5 Å². The summed E-state index contributed by atoms with van der Waals surface area (Å²) in [6.45, 7) is 11.4. The van der Waals surface area contributed by atoms with E-state index in [1.54, 1.807) is 0 Å². The highest BCUT2D eigenvalue weighted by Crippen LogP contribution is 2.25. The van der Waals surface area contributed by atoms with Crippen LogP contribution in [0, 0.1) is 5.41 Å². The fourth-order valence-corrected chi connectivity index (χ4v) is 1.41. The number of nitrogens with two attached hydrogens (primary N) is 1. The van der Waals surface area contributed by atoms with Crippen LogP contribution in [0.2, 0.25) is 0 Å². The van der Waals surface area contributed by atoms with Crippen molar-refractivity contribution in [1.29, 1.82) is 0 Å². The quantitative estimate of drug-likeness (QED) is 0.707. The maximum absolute atomic E-state index is 5.96. The number of hydrogen-bond acceptors (Lipinski definition) is 2. The molecule has 0 spiro atoms. The van der Waals surface area contributed by atoms with Crippen LogP contribution >= 0.6 is 0 Å². The average Bonchev–Trinajstić information content (AvgIpc) is 1.96. The Kier molecular flexibility index (Phi) is 4.80. The monoisotopic (exact) mass is 173 g/mol. The molecule has 12 heavy (non-hydrogen) atoms. The Hall–Kier alpha value is -0.0800. The molecule has 0 aromatic rings. The topological polar surface area (TPSA) is 35.2 Å². The van der Waals surface area contributed by atoms with Crippen LogP contribution in [0.4, 0.5) is 0 Å². The zero-order valence-electron chi connectivity index (χ0n) is 9.05. The zero-order valence-corrected chi connectivity index (χ0v) is 9.05. The summed E-state index contributed by atoms with van der Waals surface area (Å²) in [5.74, 6) is 0. The van der Waals surface area contributed by atoms with Gasteiger partial charge in [0.2, 0.25) is 0 Å². The molecule has 0 radical (unpaired) electrons. The van der Waals surface area contributed by atoms with Gasteiger partial charge in [0.25, 0.3) is 0 Å². The van der Waals surface area contributed by atoms with Gasteiger partial charge in [-0.15, -0.1) is 0 Å². The summed E-state index contributed by atoms with van der Waals surface area (Å²) < 4.78 is 5.63. The van der Waals surface area contributed by atoms with Gasteiger partial charge in [0, 0.05) is 12.6 Å². The summed E-state index contributed by atoms with van der Waals surface area (Å²) in [4.78, 5) is 0. The van der Waals surface area contributed by atoms with E-state index in [9.17, 15) is 0 Å². The van der Waals surface area contributed by atoms with Crippen molar-refractivity contribution in [1.82, 2.24) is 0 Å². The fourth-order valence-electron chi connectivity index (χ4n) is 1.41. The van der Waals surface area contributed by atoms with Crippen LogP contribution in [0.15, 0.2) is 0 Å². The minimum absolute atomic E-state index is 0.144. The van der Waals surface area contributed by atoms with Crippen molar-refractivity contribution in [3.63, 3.8) is 0 Å². The Morgan fingerprint density at radius 2 is 1.75 bits per heavy atom. The first kappa shape index (κ1) is 11.9. The molecule has 0 saturated carbocycles. The van der Waals surface area contributed by atoms with Gasteiger partial charge in [-0.3, -0.25) is 0 Å². The van der Waals surface area contributed by atoms with E-state index in [2.05, 4.69) is 27.7 Å². The Morgan fingerprint density at radius 1 is 1.25 bits per heavy atom. The van der Waals surface area contributed by atoms with Crippen molar-refractivity contribution in [2.24, 2.45) is 11.1 Å². The maximum Gasteiger partial charge on any atom is 0.0773 e. The van der Waals surface area contributed by atoms with E-state index >= 15 is 0 Å². The van der Waals surface area contributed by atoms with Crippen molar-refractivity contribution < 1.29 is 4.74 Å². The smallest absolute Gasteiger partial charge is 0.0773 e. The molecule has 0 aromatic carbocycles. The summed E-state index contributed by atoms with van der Waals surface area (Å²) >= 11 is 0. The first-order valence-corrected chi connectivity index (χ1v) is 4.80. The van der Waals surface area contributed by atoms with Gasteiger partial charge in [0.1, 0.15) is 0 Å². The van der Waals surface area contributed by atoms with Gasteiger partial charge >= 0.3 is 0 Å². The predicted octanol–water partition coefficient (Wildman–Crippen LogP) is 2.17. The van der Waals surface area contributed by atoms with E-state index in [1.807, 2.05) is 6.92 Å². The van der Waals surface area contributed by atoms with Gasteiger partial charge in [0.15, 0.2) is 0 Å². The van der Waals surface area contributed by atoms with E-state index in [1.165, 1.54) is 0 Å². The van der Waals surface area contributed by atoms with Gasteiger partial charge in [-0.2, -0.15) is 0 Å². The third kappa shape index (κ3) is 3.55. The molecule has 0 saturated heterocycles. The average molecular weight is 173 g/mol. The fraction of sp³-hybridized carbons (Fsp3) is 1.00. The molecule has 0 bridgehead atoms. The van der Waals surface area contributed by atoms with Crippen LogP contribution in [-0.2, 0) is 4.74 Å². The van der Waals surface area contributed by atoms with Crippen molar-refractivity contribution in [2.45, 2.75) is 53.2 Å². The van der Waals surface area contributed by atoms with Crippen LogP contribution in [-0.4, -0.2) is 18.8 Å². The van der Waals surface area contributed by atoms with Crippen LogP contribution in [0.3, 0.4) is 0 Å². The first-order valence-electron chi connectivity index (χ1n) is 4.80. The normalized spacial score (nSPS) is 17.5. The van der Waals surface area contributed by atoms with Crippen molar-refractivity contribution in [2.75, 3.05) is 6.61 Å². The summed E-state index contributed by atoms with van der Waals surface area (Å²) in [6.07, 6.45) is 1.15. The van der Waals surface area contributed by atoms with Gasteiger partial charge in [-0.1, -0.05) is 27.7 Å². The lowest BCUT2D eigenvalue weighted by Crippen LogP contribution is -2.44. The predicted molar refractivity (Wildman–Crippen MR) is 53.1 cm³/mol. The van der Waals surface area contributed by atoms with Crippen LogP contribution < -0.4 is 5.73 Å². The third-order valence-electron chi connectivity index (χ3n) is 2.06. The highest BCUT2D eigenvalue weighted by Gasteiger charge is 2.29. The molecule has 2 atom stereocenters. The summed E-state index contributed by atoms with van der Waals surface area (Å²) in [5, 5.41) is 0. The molecule has 1 unspecified atom stereocenters. The van der Waals surface area contributed by atoms with Crippen LogP contribution in [0.1, 0.15) is 41.0 Å². The zero-order chi connectivity index (χ0) is 9.78. The van der Waals surface area contributed by atoms with Crippen LogP contribution in [0.25, 0.3) is 0 Å². The van der Waals surface area contributed by atoms with E-state index in [0.29, 0.717) is 0 Å². The second kappa shape index (κ2) is 4.83. The number of ether oxygens (including phenoxy) is 1. The highest BCUT2D eigenvalue weighted by atomic mass is 16.5. The van der Waals surface area contributed by atoms with Gasteiger partial charge in [-0.25, -0.2) is 0 Å². The lowest BCUT2D eigenvalue weighted by molar-refractivity contribution is -0.0281. The van der Waals surface area contributed by atoms with Gasteiger partial charge < -0.3 is 10.5 Å². The summed E-state index contributed by atoms with van der Waals surface area (Å²) in [6, 6.07) is 0.157. The molecule has 74 valence electrons. The molecular formula is C10H23NO. The molecular weight excluding hydrogens is 150 g/mol. The molecule has 0 amide bonds. The lowest BCUT2D eigenvalue weighted by atomic mass is 9.84. The molecule has 2 heteroatoms. The lowest BCUT2D eigenvalue weighted by Gasteiger charge is -2.34. The highest BCUT2D eigenvalue weighted by molar-refractivity contribution is 4.83. The SMILES string of the molecule is CCOC([C@H](N)CC)C(C)(C)C. The molecule has 0 aliphatic rings. The molecule has 0 heterocycles. The first-order chi connectivity index (χ1) is 5.43. The van der Waals surface area contributed by atoms with Crippen molar-refractivity contribution in [3.05, 3.63) is 0 Å². The molecule has 2 nitrogen and oxygen atoms in total. The molecule has 0 rings (SSSR count). The molecule has 0 aromatic heterocycles. The Bertz CT molecular complexity index is 117. The maximum atomic E-state index is 5.96. The molecule has 2 N–H and O–H groups in total. The second-order valence-corrected chi connectivity index (χ2v) is 4.31. The summed E-state index contributed by atoms with van der Waals surface area (Å²) in [5.41, 5.74) is 6.11. The van der Waals surface area contributed by atoms with Crippen molar-refractivity contribution in [3.8, 4) is 0 Å². The minimum Gasteiger partial charge on any atom is -0.376 e. The Balaban J connectivity index is 4.22. The largest absolute Gasteiger partial charge is 0.376 e. The molecule has 0 fully saturated rings. The van der Waals surface area contributed by atoms with Crippen molar-refractivity contribution >= 4 is 0 Å². The second-order valence-electron chi connectivity index (χ2n) is 4.31. The molecule has 0 aliphatic heterocycles. The van der Waals surface area contributed by atoms with Crippen LogP contribution in [0.5, 0.6) is 0 Å².